The minimum Gasteiger partial charge on any atom is -0.326 e. The second kappa shape index (κ2) is 8.33. The molecule has 1 aliphatic heterocycles. The maximum absolute atomic E-state index is 13.2. The lowest BCUT2D eigenvalue weighted by atomic mass is 9.91. The lowest BCUT2D eigenvalue weighted by Gasteiger charge is -2.18. The predicted molar refractivity (Wildman–Crippen MR) is 105 cm³/mol. The Kier molecular flexibility index (Phi) is 5.89. The number of hydrogen-bond donors (Lipinski definition) is 1. The van der Waals surface area contributed by atoms with E-state index in [1.807, 2.05) is 18.2 Å². The molecule has 1 N–H and O–H groups in total. The number of amides is 2. The standard InChI is InChI=1S/C22H25FN2O2/c1-3-4-18(16-5-8-19(23)9-6-16)13-22(27)24-20-10-7-17-11-12-25(15(2)26)21(17)14-20/h5-10,14,18H,3-4,11-13H2,1-2H3,(H,24,27). The van der Waals surface area contributed by atoms with E-state index in [0.29, 0.717) is 18.7 Å². The van der Waals surface area contributed by atoms with E-state index >= 15 is 0 Å². The molecule has 0 aromatic heterocycles. The van der Waals surface area contributed by atoms with Crippen molar-refractivity contribution in [2.24, 2.45) is 0 Å². The molecule has 27 heavy (non-hydrogen) atoms. The molecule has 0 saturated carbocycles. The quantitative estimate of drug-likeness (QED) is 0.807. The number of nitrogens with zero attached hydrogens (tertiary/aromatic N) is 1. The molecule has 0 saturated heterocycles. The molecule has 2 amide bonds. The Morgan fingerprint density at radius 1 is 1.19 bits per heavy atom. The number of anilines is 2. The van der Waals surface area contributed by atoms with E-state index < -0.39 is 0 Å². The molecule has 0 fully saturated rings. The molecule has 4 nitrogen and oxygen atoms in total. The van der Waals surface area contributed by atoms with Gasteiger partial charge in [0.25, 0.3) is 0 Å². The summed E-state index contributed by atoms with van der Waals surface area (Å²) in [6.45, 7) is 4.31. The average molecular weight is 368 g/mol. The van der Waals surface area contributed by atoms with Crippen LogP contribution in [-0.2, 0) is 16.0 Å². The summed E-state index contributed by atoms with van der Waals surface area (Å²) < 4.78 is 13.2. The first-order chi connectivity index (χ1) is 13.0. The summed E-state index contributed by atoms with van der Waals surface area (Å²) >= 11 is 0. The third-order valence-electron chi connectivity index (χ3n) is 5.06. The van der Waals surface area contributed by atoms with E-state index in [1.165, 1.54) is 12.1 Å². The first-order valence-corrected chi connectivity index (χ1v) is 9.44. The number of fused-ring (bicyclic) bond motifs is 1. The molecule has 2 aromatic rings. The largest absolute Gasteiger partial charge is 0.326 e. The molecular weight excluding hydrogens is 343 g/mol. The maximum Gasteiger partial charge on any atom is 0.224 e. The van der Waals surface area contributed by atoms with Crippen molar-refractivity contribution in [2.75, 3.05) is 16.8 Å². The molecule has 1 unspecified atom stereocenters. The SMILES string of the molecule is CCCC(CC(=O)Nc1ccc2c(c1)N(C(C)=O)CC2)c1ccc(F)cc1. The van der Waals surface area contributed by atoms with E-state index in [-0.39, 0.29) is 23.5 Å². The van der Waals surface area contributed by atoms with Gasteiger partial charge in [0.1, 0.15) is 5.82 Å². The summed E-state index contributed by atoms with van der Waals surface area (Å²) in [6, 6.07) is 12.1. The Morgan fingerprint density at radius 3 is 2.59 bits per heavy atom. The lowest BCUT2D eigenvalue weighted by molar-refractivity contribution is -0.117. The van der Waals surface area contributed by atoms with Gasteiger partial charge < -0.3 is 10.2 Å². The van der Waals surface area contributed by atoms with Crippen LogP contribution in [-0.4, -0.2) is 18.4 Å². The highest BCUT2D eigenvalue weighted by molar-refractivity contribution is 5.96. The van der Waals surface area contributed by atoms with Crippen molar-refractivity contribution >= 4 is 23.2 Å². The second-order valence-corrected chi connectivity index (χ2v) is 7.05. The Balaban J connectivity index is 1.70. The number of benzene rings is 2. The normalized spacial score (nSPS) is 14.0. The Morgan fingerprint density at radius 2 is 1.93 bits per heavy atom. The van der Waals surface area contributed by atoms with Gasteiger partial charge in [0, 0.05) is 31.3 Å². The number of rotatable bonds is 6. The molecule has 0 radical (unpaired) electrons. The minimum atomic E-state index is -0.272. The first-order valence-electron chi connectivity index (χ1n) is 9.44. The first kappa shape index (κ1) is 19.1. The van der Waals surface area contributed by atoms with Gasteiger partial charge in [0.15, 0.2) is 0 Å². The molecule has 5 heteroatoms. The van der Waals surface area contributed by atoms with Gasteiger partial charge in [-0.15, -0.1) is 0 Å². The zero-order valence-electron chi connectivity index (χ0n) is 15.8. The highest BCUT2D eigenvalue weighted by Crippen LogP contribution is 2.31. The van der Waals surface area contributed by atoms with Crippen molar-refractivity contribution in [1.29, 1.82) is 0 Å². The van der Waals surface area contributed by atoms with Gasteiger partial charge in [-0.25, -0.2) is 4.39 Å². The van der Waals surface area contributed by atoms with Gasteiger partial charge in [-0.2, -0.15) is 0 Å². The summed E-state index contributed by atoms with van der Waals surface area (Å²) in [5, 5.41) is 2.95. The Bertz CT molecular complexity index is 833. The van der Waals surface area contributed by atoms with Crippen LogP contribution in [0.4, 0.5) is 15.8 Å². The van der Waals surface area contributed by atoms with Crippen LogP contribution in [0.25, 0.3) is 0 Å². The smallest absolute Gasteiger partial charge is 0.224 e. The van der Waals surface area contributed by atoms with Crippen molar-refractivity contribution < 1.29 is 14.0 Å². The summed E-state index contributed by atoms with van der Waals surface area (Å²) in [5.74, 6) is -0.285. The van der Waals surface area contributed by atoms with E-state index in [4.69, 9.17) is 0 Å². The van der Waals surface area contributed by atoms with Crippen molar-refractivity contribution in [2.45, 2.75) is 45.4 Å². The number of nitrogens with one attached hydrogen (secondary N) is 1. The summed E-state index contributed by atoms with van der Waals surface area (Å²) in [7, 11) is 0. The third-order valence-corrected chi connectivity index (χ3v) is 5.06. The van der Waals surface area contributed by atoms with E-state index in [2.05, 4.69) is 12.2 Å². The highest BCUT2D eigenvalue weighted by Gasteiger charge is 2.23. The molecular formula is C22H25FN2O2. The van der Waals surface area contributed by atoms with Crippen LogP contribution in [0.5, 0.6) is 0 Å². The van der Waals surface area contributed by atoms with Crippen molar-refractivity contribution in [1.82, 2.24) is 0 Å². The molecule has 1 heterocycles. The van der Waals surface area contributed by atoms with E-state index in [9.17, 15) is 14.0 Å². The Hall–Kier alpha value is -2.69. The van der Waals surface area contributed by atoms with Gasteiger partial charge in [0.2, 0.25) is 11.8 Å². The van der Waals surface area contributed by atoms with Crippen LogP contribution < -0.4 is 10.2 Å². The summed E-state index contributed by atoms with van der Waals surface area (Å²) in [5.41, 5.74) is 3.67. The summed E-state index contributed by atoms with van der Waals surface area (Å²) in [4.78, 5) is 26.1. The molecule has 1 aliphatic rings. The molecule has 0 bridgehead atoms. The van der Waals surface area contributed by atoms with Crippen LogP contribution >= 0.6 is 0 Å². The van der Waals surface area contributed by atoms with Crippen LogP contribution in [0, 0.1) is 5.82 Å². The Labute approximate surface area is 159 Å². The predicted octanol–water partition coefficient (Wildman–Crippen LogP) is 4.65. The molecule has 3 rings (SSSR count). The molecule has 0 spiro atoms. The highest BCUT2D eigenvalue weighted by atomic mass is 19.1. The zero-order valence-corrected chi connectivity index (χ0v) is 15.8. The number of hydrogen-bond acceptors (Lipinski definition) is 2. The monoisotopic (exact) mass is 368 g/mol. The summed E-state index contributed by atoms with van der Waals surface area (Å²) in [6.07, 6.45) is 2.99. The van der Waals surface area contributed by atoms with Crippen LogP contribution in [0.3, 0.4) is 0 Å². The number of carbonyl (C=O) groups excluding carboxylic acids is 2. The van der Waals surface area contributed by atoms with Crippen molar-refractivity contribution in [3.8, 4) is 0 Å². The van der Waals surface area contributed by atoms with E-state index in [0.717, 1.165) is 36.1 Å². The zero-order chi connectivity index (χ0) is 19.4. The van der Waals surface area contributed by atoms with E-state index in [1.54, 1.807) is 24.0 Å². The van der Waals surface area contributed by atoms with Gasteiger partial charge >= 0.3 is 0 Å². The second-order valence-electron chi connectivity index (χ2n) is 7.05. The molecule has 2 aromatic carbocycles. The van der Waals surface area contributed by atoms with Gasteiger partial charge in [0.05, 0.1) is 0 Å². The fraction of sp³-hybridized carbons (Fsp3) is 0.364. The molecule has 142 valence electrons. The van der Waals surface area contributed by atoms with Crippen LogP contribution in [0.1, 0.15) is 50.2 Å². The van der Waals surface area contributed by atoms with Crippen molar-refractivity contribution in [3.05, 3.63) is 59.4 Å². The average Bonchev–Trinajstić information content (AvgIpc) is 3.05. The number of carbonyl (C=O) groups is 2. The lowest BCUT2D eigenvalue weighted by Crippen LogP contribution is -2.25. The minimum absolute atomic E-state index is 0.0107. The fourth-order valence-corrected chi connectivity index (χ4v) is 3.69. The fourth-order valence-electron chi connectivity index (χ4n) is 3.69. The molecule has 0 aliphatic carbocycles. The van der Waals surface area contributed by atoms with Gasteiger partial charge in [-0.05, 0) is 54.2 Å². The maximum atomic E-state index is 13.2. The third kappa shape index (κ3) is 4.54. The van der Waals surface area contributed by atoms with Crippen LogP contribution in [0.15, 0.2) is 42.5 Å². The van der Waals surface area contributed by atoms with Gasteiger partial charge in [-0.1, -0.05) is 31.5 Å². The van der Waals surface area contributed by atoms with Gasteiger partial charge in [-0.3, -0.25) is 9.59 Å². The topological polar surface area (TPSA) is 49.4 Å². The number of halogens is 1. The molecule has 1 atom stereocenters. The van der Waals surface area contributed by atoms with Crippen LogP contribution in [0.2, 0.25) is 0 Å². The van der Waals surface area contributed by atoms with Crippen molar-refractivity contribution in [3.63, 3.8) is 0 Å².